The van der Waals surface area contributed by atoms with Gasteiger partial charge < -0.3 is 43.5 Å². The second-order valence-electron chi connectivity index (χ2n) is 11.4. The molecule has 37 heavy (non-hydrogen) atoms. The lowest BCUT2D eigenvalue weighted by molar-refractivity contribution is -0.294. The van der Waals surface area contributed by atoms with Gasteiger partial charge in [0.2, 0.25) is 11.7 Å². The number of fused-ring (bicyclic) bond motifs is 3. The number of piperidine rings is 1. The highest BCUT2D eigenvalue weighted by Crippen LogP contribution is 2.47. The Labute approximate surface area is 217 Å². The van der Waals surface area contributed by atoms with E-state index >= 15 is 0 Å². The average Bonchev–Trinajstić information content (AvgIpc) is 3.53. The van der Waals surface area contributed by atoms with Gasteiger partial charge in [-0.3, -0.25) is 4.79 Å². The normalized spacial score (nSPS) is 36.6. The zero-order valence-corrected chi connectivity index (χ0v) is 22.1. The van der Waals surface area contributed by atoms with Crippen molar-refractivity contribution in [3.8, 4) is 6.07 Å². The Morgan fingerprint density at radius 1 is 1.05 bits per heavy atom. The van der Waals surface area contributed by atoms with Gasteiger partial charge in [0.15, 0.2) is 18.2 Å². The maximum absolute atomic E-state index is 12.9. The molecule has 0 aromatic rings. The van der Waals surface area contributed by atoms with Gasteiger partial charge in [-0.2, -0.15) is 5.26 Å². The standard InChI is InChI=1S/C25H38N4O8/c1-23(2)34-18-14-33-25(21(20(18)35-23)36-24(3,4)37-25)15-32-22(31)28-10-7-16(8-11-28)27-13-19(30)29-9-5-6-17(29)12-26/h16-18,20-21,27H,5-11,13-15H2,1-4H3/t17-,18+,20+,21-,25-/m0/s1. The fourth-order valence-corrected chi connectivity index (χ4v) is 6.00. The van der Waals surface area contributed by atoms with E-state index in [1.54, 1.807) is 23.6 Å². The highest BCUT2D eigenvalue weighted by molar-refractivity contribution is 5.79. The Bertz CT molecular complexity index is 930. The fourth-order valence-electron chi connectivity index (χ4n) is 6.00. The van der Waals surface area contributed by atoms with Gasteiger partial charge in [-0.05, 0) is 53.4 Å². The topological polar surface area (TPSA) is 132 Å². The number of hydrogen-bond donors (Lipinski definition) is 1. The summed E-state index contributed by atoms with van der Waals surface area (Å²) in [5.74, 6) is -3.03. The van der Waals surface area contributed by atoms with Crippen molar-refractivity contribution in [1.29, 1.82) is 5.26 Å². The van der Waals surface area contributed by atoms with Crippen LogP contribution in [0.15, 0.2) is 0 Å². The summed E-state index contributed by atoms with van der Waals surface area (Å²) in [7, 11) is 0. The molecule has 5 rings (SSSR count). The molecule has 5 aliphatic heterocycles. The molecule has 5 atom stereocenters. The third-order valence-corrected chi connectivity index (χ3v) is 7.69. The zero-order valence-electron chi connectivity index (χ0n) is 22.1. The minimum absolute atomic E-state index is 0.0452. The summed E-state index contributed by atoms with van der Waals surface area (Å²) in [4.78, 5) is 28.7. The molecule has 0 unspecified atom stereocenters. The van der Waals surface area contributed by atoms with E-state index in [0.717, 1.165) is 12.8 Å². The molecule has 0 aromatic carbocycles. The number of carbonyl (C=O) groups is 2. The number of nitrogens with one attached hydrogen (secondary N) is 1. The summed E-state index contributed by atoms with van der Waals surface area (Å²) < 4.78 is 36.1. The summed E-state index contributed by atoms with van der Waals surface area (Å²) in [6.07, 6.45) is 1.25. The van der Waals surface area contributed by atoms with E-state index in [2.05, 4.69) is 11.4 Å². The first kappa shape index (κ1) is 26.6. The van der Waals surface area contributed by atoms with Crippen molar-refractivity contribution in [1.82, 2.24) is 15.1 Å². The maximum atomic E-state index is 12.9. The van der Waals surface area contributed by atoms with Crippen molar-refractivity contribution < 1.29 is 38.0 Å². The van der Waals surface area contributed by atoms with Gasteiger partial charge in [0.1, 0.15) is 24.4 Å². The minimum Gasteiger partial charge on any atom is -0.444 e. The van der Waals surface area contributed by atoms with Crippen molar-refractivity contribution in [2.45, 2.75) is 101 Å². The van der Waals surface area contributed by atoms with Crippen LogP contribution in [0.5, 0.6) is 0 Å². The van der Waals surface area contributed by atoms with Crippen molar-refractivity contribution in [2.24, 2.45) is 0 Å². The minimum atomic E-state index is -1.28. The van der Waals surface area contributed by atoms with Crippen LogP contribution >= 0.6 is 0 Å². The molecule has 12 nitrogen and oxygen atoms in total. The predicted octanol–water partition coefficient (Wildman–Crippen LogP) is 1.09. The summed E-state index contributed by atoms with van der Waals surface area (Å²) in [6, 6.07) is 2.00. The van der Waals surface area contributed by atoms with Crippen molar-refractivity contribution in [3.05, 3.63) is 0 Å². The quantitative estimate of drug-likeness (QED) is 0.560. The predicted molar refractivity (Wildman–Crippen MR) is 127 cm³/mol. The molecule has 12 heteroatoms. The number of rotatable bonds is 5. The smallest absolute Gasteiger partial charge is 0.409 e. The van der Waals surface area contributed by atoms with Crippen LogP contribution in [0.25, 0.3) is 0 Å². The van der Waals surface area contributed by atoms with E-state index in [1.807, 2.05) is 13.8 Å². The molecule has 0 aromatic heterocycles. The second kappa shape index (κ2) is 9.94. The highest BCUT2D eigenvalue weighted by atomic mass is 16.9. The summed E-state index contributed by atoms with van der Waals surface area (Å²) in [5.41, 5.74) is 0. The second-order valence-corrected chi connectivity index (χ2v) is 11.4. The summed E-state index contributed by atoms with van der Waals surface area (Å²) in [6.45, 7) is 9.24. The monoisotopic (exact) mass is 522 g/mol. The van der Waals surface area contributed by atoms with E-state index in [1.165, 1.54) is 0 Å². The molecule has 0 bridgehead atoms. The first-order valence-corrected chi connectivity index (χ1v) is 13.2. The number of likely N-dealkylation sites (tertiary alicyclic amines) is 2. The summed E-state index contributed by atoms with van der Waals surface area (Å²) >= 11 is 0. The molecule has 5 aliphatic rings. The van der Waals surface area contributed by atoms with Crippen LogP contribution < -0.4 is 5.32 Å². The molecule has 5 heterocycles. The van der Waals surface area contributed by atoms with Gasteiger partial charge in [0.05, 0.1) is 19.2 Å². The Kier molecular flexibility index (Phi) is 7.15. The number of amides is 2. The molecule has 206 valence electrons. The molecule has 5 fully saturated rings. The van der Waals surface area contributed by atoms with Gasteiger partial charge in [-0.15, -0.1) is 0 Å². The lowest BCUT2D eigenvalue weighted by atomic mass is 9.97. The lowest BCUT2D eigenvalue weighted by Crippen LogP contribution is -2.61. The molecule has 2 amide bonds. The average molecular weight is 523 g/mol. The lowest BCUT2D eigenvalue weighted by Gasteiger charge is -2.40. The molecule has 0 radical (unpaired) electrons. The van der Waals surface area contributed by atoms with Gasteiger partial charge in [0.25, 0.3) is 0 Å². The van der Waals surface area contributed by atoms with Gasteiger partial charge in [-0.25, -0.2) is 4.79 Å². The van der Waals surface area contributed by atoms with Crippen LogP contribution in [0, 0.1) is 11.3 Å². The van der Waals surface area contributed by atoms with Crippen molar-refractivity contribution in [2.75, 3.05) is 39.4 Å². The number of carbonyl (C=O) groups excluding carboxylic acids is 2. The molecular formula is C25H38N4O8. The van der Waals surface area contributed by atoms with Crippen molar-refractivity contribution in [3.63, 3.8) is 0 Å². The molecule has 0 saturated carbocycles. The van der Waals surface area contributed by atoms with E-state index in [4.69, 9.17) is 28.4 Å². The Morgan fingerprint density at radius 3 is 2.54 bits per heavy atom. The largest absolute Gasteiger partial charge is 0.444 e. The van der Waals surface area contributed by atoms with Crippen LogP contribution in [0.1, 0.15) is 53.4 Å². The van der Waals surface area contributed by atoms with Crippen LogP contribution in [0.2, 0.25) is 0 Å². The molecule has 0 spiro atoms. The third kappa shape index (κ3) is 5.44. The first-order chi connectivity index (χ1) is 17.5. The maximum Gasteiger partial charge on any atom is 0.409 e. The summed E-state index contributed by atoms with van der Waals surface area (Å²) in [5, 5.41) is 12.5. The molecular weight excluding hydrogens is 484 g/mol. The van der Waals surface area contributed by atoms with Gasteiger partial charge >= 0.3 is 6.09 Å². The van der Waals surface area contributed by atoms with Crippen LogP contribution in [-0.2, 0) is 33.2 Å². The molecule has 5 saturated heterocycles. The van der Waals surface area contributed by atoms with Gasteiger partial charge in [0, 0.05) is 25.7 Å². The fraction of sp³-hybridized carbons (Fsp3) is 0.880. The number of nitrogens with zero attached hydrogens (tertiary/aromatic N) is 3. The Hall–Kier alpha value is -2.01. The Balaban J connectivity index is 1.10. The van der Waals surface area contributed by atoms with Gasteiger partial charge in [-0.1, -0.05) is 0 Å². The number of ether oxygens (including phenoxy) is 6. The van der Waals surface area contributed by atoms with E-state index in [-0.39, 0.29) is 43.9 Å². The first-order valence-electron chi connectivity index (χ1n) is 13.2. The van der Waals surface area contributed by atoms with Crippen LogP contribution in [0.3, 0.4) is 0 Å². The van der Waals surface area contributed by atoms with Crippen LogP contribution in [0.4, 0.5) is 4.79 Å². The van der Waals surface area contributed by atoms with E-state index in [0.29, 0.717) is 32.5 Å². The Morgan fingerprint density at radius 2 is 1.81 bits per heavy atom. The van der Waals surface area contributed by atoms with E-state index in [9.17, 15) is 14.9 Å². The van der Waals surface area contributed by atoms with E-state index < -0.39 is 35.7 Å². The molecule has 0 aliphatic carbocycles. The van der Waals surface area contributed by atoms with Crippen LogP contribution in [-0.4, -0.2) is 109 Å². The number of hydrogen-bond acceptors (Lipinski definition) is 10. The highest BCUT2D eigenvalue weighted by Gasteiger charge is 2.66. The zero-order chi connectivity index (χ0) is 26.4. The number of nitriles is 1. The molecule has 1 N–H and O–H groups in total. The SMILES string of the molecule is CC1(C)O[C@@H]2[C@@H](CO[C@@]3(COC(=O)N4CCC(NCC(=O)N5CCC[C@H]5C#N)CC4)OC(C)(C)O[C@@H]23)O1. The van der Waals surface area contributed by atoms with Crippen molar-refractivity contribution >= 4 is 12.0 Å². The third-order valence-electron chi connectivity index (χ3n) is 7.69.